The number of nitrogens with one attached hydrogen (secondary N) is 1. The van der Waals surface area contributed by atoms with Gasteiger partial charge in [0.05, 0.1) is 0 Å². The first-order valence-electron chi connectivity index (χ1n) is 5.12. The quantitative estimate of drug-likeness (QED) is 0.739. The van der Waals surface area contributed by atoms with Crippen molar-refractivity contribution in [2.75, 3.05) is 27.3 Å². The summed E-state index contributed by atoms with van der Waals surface area (Å²) in [5, 5.41) is 4.02. The second-order valence-corrected chi connectivity index (χ2v) is 3.60. The summed E-state index contributed by atoms with van der Waals surface area (Å²) in [5.74, 6) is 0. The Morgan fingerprint density at radius 3 is 1.73 bits per heavy atom. The average molecular weight is 230 g/mol. The van der Waals surface area contributed by atoms with Crippen molar-refractivity contribution in [3.8, 4) is 0 Å². The average Bonchev–Trinajstić information content (AvgIpc) is 2.78. The predicted molar refractivity (Wildman–Crippen MR) is 66.5 cm³/mol. The van der Waals surface area contributed by atoms with Crippen molar-refractivity contribution in [1.82, 2.24) is 5.32 Å². The van der Waals surface area contributed by atoms with Gasteiger partial charge in [0.15, 0.2) is 0 Å². The molecule has 2 nitrogen and oxygen atoms in total. The van der Waals surface area contributed by atoms with Crippen molar-refractivity contribution in [1.29, 1.82) is 0 Å². The van der Waals surface area contributed by atoms with Crippen LogP contribution in [0.5, 0.6) is 0 Å². The molecular weight excluding hydrogens is 210 g/mol. The summed E-state index contributed by atoms with van der Waals surface area (Å²) in [7, 11) is 3.25. The summed E-state index contributed by atoms with van der Waals surface area (Å²) in [6.07, 6.45) is 2.78. The van der Waals surface area contributed by atoms with Gasteiger partial charge in [-0.2, -0.15) is 0 Å². The summed E-state index contributed by atoms with van der Waals surface area (Å²) >= 11 is 5.54. The third kappa shape index (κ3) is 11.4. The van der Waals surface area contributed by atoms with Gasteiger partial charge in [-0.1, -0.05) is 29.8 Å². The molecule has 0 radical (unpaired) electrons. The van der Waals surface area contributed by atoms with E-state index in [0.29, 0.717) is 0 Å². The van der Waals surface area contributed by atoms with Crippen LogP contribution >= 0.6 is 11.6 Å². The Morgan fingerprint density at radius 1 is 1.07 bits per heavy atom. The largest absolute Gasteiger partial charge is 0.388 e. The van der Waals surface area contributed by atoms with E-state index in [0.717, 1.165) is 5.02 Å². The first-order valence-corrected chi connectivity index (χ1v) is 5.50. The molecule has 1 aliphatic rings. The Morgan fingerprint density at radius 2 is 1.53 bits per heavy atom. The molecule has 1 aromatic rings. The highest BCUT2D eigenvalue weighted by Gasteiger charge is 1.93. The van der Waals surface area contributed by atoms with Crippen LogP contribution in [0.1, 0.15) is 12.8 Å². The van der Waals surface area contributed by atoms with Gasteiger partial charge in [0.25, 0.3) is 0 Å². The SMILES string of the molecule is C1CCNC1.COC.Clc1ccccc1. The second kappa shape index (κ2) is 11.5. The van der Waals surface area contributed by atoms with Crippen molar-refractivity contribution in [3.05, 3.63) is 35.4 Å². The number of halogens is 1. The van der Waals surface area contributed by atoms with Crippen molar-refractivity contribution < 1.29 is 4.74 Å². The highest BCUT2D eigenvalue weighted by Crippen LogP contribution is 2.03. The van der Waals surface area contributed by atoms with E-state index in [2.05, 4.69) is 10.1 Å². The van der Waals surface area contributed by atoms with Crippen LogP contribution in [-0.4, -0.2) is 27.3 Å². The van der Waals surface area contributed by atoms with Gasteiger partial charge in [0.1, 0.15) is 0 Å². The van der Waals surface area contributed by atoms with Crippen molar-refractivity contribution in [3.63, 3.8) is 0 Å². The van der Waals surface area contributed by atoms with E-state index in [1.165, 1.54) is 25.9 Å². The van der Waals surface area contributed by atoms with E-state index in [9.17, 15) is 0 Å². The van der Waals surface area contributed by atoms with Crippen LogP contribution in [-0.2, 0) is 4.74 Å². The molecule has 0 amide bonds. The van der Waals surface area contributed by atoms with Gasteiger partial charge in [-0.15, -0.1) is 0 Å². The standard InChI is InChI=1S/C6H5Cl.C4H9N.C2H6O/c7-6-4-2-1-3-5-6;1-2-4-5-3-1;1-3-2/h1-5H;5H,1-4H2;1-2H3. The fourth-order valence-electron chi connectivity index (χ4n) is 1.04. The Balaban J connectivity index is 0.000000216. The van der Waals surface area contributed by atoms with Crippen molar-refractivity contribution >= 4 is 11.6 Å². The molecular formula is C12H20ClNO. The van der Waals surface area contributed by atoms with Crippen LogP contribution in [0.2, 0.25) is 5.02 Å². The third-order valence-electron chi connectivity index (χ3n) is 1.69. The molecule has 3 heteroatoms. The van der Waals surface area contributed by atoms with Crippen LogP contribution in [0.3, 0.4) is 0 Å². The molecule has 0 atom stereocenters. The molecule has 1 aliphatic heterocycles. The lowest BCUT2D eigenvalue weighted by molar-refractivity contribution is 0.277. The monoisotopic (exact) mass is 229 g/mol. The maximum absolute atomic E-state index is 5.54. The van der Waals surface area contributed by atoms with E-state index in [1.54, 1.807) is 14.2 Å². The second-order valence-electron chi connectivity index (χ2n) is 3.16. The summed E-state index contributed by atoms with van der Waals surface area (Å²) < 4.78 is 4.25. The van der Waals surface area contributed by atoms with E-state index in [4.69, 9.17) is 11.6 Å². The maximum Gasteiger partial charge on any atom is 0.0405 e. The molecule has 15 heavy (non-hydrogen) atoms. The van der Waals surface area contributed by atoms with Gasteiger partial charge in [-0.05, 0) is 38.1 Å². The summed E-state index contributed by atoms with van der Waals surface area (Å²) in [6, 6.07) is 9.44. The minimum atomic E-state index is 0.794. The zero-order valence-electron chi connectivity index (χ0n) is 9.50. The molecule has 0 saturated carbocycles. The van der Waals surface area contributed by atoms with Gasteiger partial charge in [-0.3, -0.25) is 0 Å². The van der Waals surface area contributed by atoms with Gasteiger partial charge < -0.3 is 10.1 Å². The van der Waals surface area contributed by atoms with Crippen LogP contribution < -0.4 is 5.32 Å². The molecule has 0 spiro atoms. The molecule has 1 aromatic carbocycles. The first-order chi connectivity index (χ1) is 7.31. The molecule has 86 valence electrons. The number of rotatable bonds is 0. The third-order valence-corrected chi connectivity index (χ3v) is 1.94. The molecule has 0 unspecified atom stereocenters. The normalized spacial score (nSPS) is 13.3. The van der Waals surface area contributed by atoms with Crippen LogP contribution in [0.4, 0.5) is 0 Å². The smallest absolute Gasteiger partial charge is 0.0405 e. The number of hydrogen-bond acceptors (Lipinski definition) is 2. The topological polar surface area (TPSA) is 21.3 Å². The summed E-state index contributed by atoms with van der Waals surface area (Å²) in [6.45, 7) is 2.50. The lowest BCUT2D eigenvalue weighted by atomic mass is 10.4. The Bertz CT molecular complexity index is 205. The van der Waals surface area contributed by atoms with Gasteiger partial charge in [0.2, 0.25) is 0 Å². The van der Waals surface area contributed by atoms with Crippen molar-refractivity contribution in [2.24, 2.45) is 0 Å². The van der Waals surface area contributed by atoms with Crippen molar-refractivity contribution in [2.45, 2.75) is 12.8 Å². The van der Waals surface area contributed by atoms with Gasteiger partial charge in [0, 0.05) is 19.2 Å². The number of ether oxygens (including phenoxy) is 1. The summed E-state index contributed by atoms with van der Waals surface area (Å²) in [5.41, 5.74) is 0. The number of methoxy groups -OCH3 is 1. The minimum absolute atomic E-state index is 0.794. The van der Waals surface area contributed by atoms with E-state index in [1.807, 2.05) is 30.3 Å². The molecule has 1 saturated heterocycles. The minimum Gasteiger partial charge on any atom is -0.388 e. The van der Waals surface area contributed by atoms with Crippen LogP contribution in [0, 0.1) is 0 Å². The van der Waals surface area contributed by atoms with Crippen LogP contribution in [0.15, 0.2) is 30.3 Å². The zero-order valence-corrected chi connectivity index (χ0v) is 10.3. The zero-order chi connectivity index (χ0) is 11.4. The molecule has 1 N–H and O–H groups in total. The Kier molecular flexibility index (Phi) is 11.1. The lowest BCUT2D eigenvalue weighted by Gasteiger charge is -1.80. The van der Waals surface area contributed by atoms with Crippen LogP contribution in [0.25, 0.3) is 0 Å². The van der Waals surface area contributed by atoms with Gasteiger partial charge >= 0.3 is 0 Å². The molecule has 0 aliphatic carbocycles. The number of benzene rings is 1. The fourth-order valence-corrected chi connectivity index (χ4v) is 1.19. The molecule has 1 heterocycles. The highest BCUT2D eigenvalue weighted by atomic mass is 35.5. The van der Waals surface area contributed by atoms with E-state index < -0.39 is 0 Å². The first kappa shape index (κ1) is 14.4. The van der Waals surface area contributed by atoms with E-state index in [-0.39, 0.29) is 0 Å². The highest BCUT2D eigenvalue weighted by molar-refractivity contribution is 6.30. The number of hydrogen-bond donors (Lipinski definition) is 1. The molecule has 1 fully saturated rings. The fraction of sp³-hybridized carbons (Fsp3) is 0.500. The lowest BCUT2D eigenvalue weighted by Crippen LogP contribution is -2.03. The summed E-state index contributed by atoms with van der Waals surface area (Å²) in [4.78, 5) is 0. The Labute approximate surface area is 97.6 Å². The molecule has 2 rings (SSSR count). The maximum atomic E-state index is 5.54. The molecule has 0 aromatic heterocycles. The predicted octanol–water partition coefficient (Wildman–Crippen LogP) is 2.97. The molecule has 0 bridgehead atoms. The van der Waals surface area contributed by atoms with Gasteiger partial charge in [-0.25, -0.2) is 0 Å². The van der Waals surface area contributed by atoms with E-state index >= 15 is 0 Å². The Hall–Kier alpha value is -0.570.